The molecule has 0 unspecified atom stereocenters. The van der Waals surface area contributed by atoms with E-state index in [1.165, 1.54) is 20.2 Å². The number of hydrogen-bond donors (Lipinski definition) is 4. The third-order valence-electron chi connectivity index (χ3n) is 5.52. The van der Waals surface area contributed by atoms with E-state index in [2.05, 4.69) is 15.3 Å². The van der Waals surface area contributed by atoms with E-state index in [4.69, 9.17) is 11.1 Å². The Morgan fingerprint density at radius 2 is 1.88 bits per heavy atom. The molecule has 0 amide bonds. The van der Waals surface area contributed by atoms with Crippen molar-refractivity contribution in [1.29, 1.82) is 5.41 Å². The van der Waals surface area contributed by atoms with Gasteiger partial charge in [-0.25, -0.2) is 9.97 Å². The summed E-state index contributed by atoms with van der Waals surface area (Å²) in [7, 11) is 0. The first-order valence-electron chi connectivity index (χ1n) is 10.5. The highest BCUT2D eigenvalue weighted by Gasteiger charge is 2.27. The first-order valence-corrected chi connectivity index (χ1v) is 10.5. The lowest BCUT2D eigenvalue weighted by atomic mass is 9.96. The van der Waals surface area contributed by atoms with Gasteiger partial charge in [-0.2, -0.15) is 0 Å². The number of benzene rings is 2. The van der Waals surface area contributed by atoms with Gasteiger partial charge in [-0.15, -0.1) is 0 Å². The molecule has 2 aromatic heterocycles. The van der Waals surface area contributed by atoms with Crippen LogP contribution in [0.4, 0.5) is 11.6 Å². The molecule has 0 saturated carbocycles. The molecule has 0 radical (unpaired) electrons. The Balaban J connectivity index is 1.84. The number of nitrogen functional groups attached to an aromatic ring is 1. The van der Waals surface area contributed by atoms with Gasteiger partial charge in [0.05, 0.1) is 23.2 Å². The maximum absolute atomic E-state index is 13.6. The molecular weight excluding hydrogens is 416 g/mol. The van der Waals surface area contributed by atoms with Crippen LogP contribution in [-0.4, -0.2) is 31.0 Å². The number of nitrogens with zero attached hydrogens (tertiary/aromatic N) is 3. The number of rotatable bonds is 6. The molecule has 33 heavy (non-hydrogen) atoms. The van der Waals surface area contributed by atoms with Crippen LogP contribution in [0, 0.1) is 12.3 Å². The van der Waals surface area contributed by atoms with Gasteiger partial charge in [0, 0.05) is 11.4 Å². The number of aliphatic hydroxyl groups is 1. The van der Waals surface area contributed by atoms with E-state index >= 15 is 0 Å². The minimum absolute atomic E-state index is 0.0919. The summed E-state index contributed by atoms with van der Waals surface area (Å²) >= 11 is 0. The maximum Gasteiger partial charge on any atom is 0.263 e. The molecule has 8 nitrogen and oxygen atoms in total. The number of pyridine rings is 1. The Labute approximate surface area is 191 Å². The summed E-state index contributed by atoms with van der Waals surface area (Å²) in [5.74, 6) is 0.403. The first kappa shape index (κ1) is 22.2. The Hall–Kier alpha value is -4.04. The molecule has 8 heteroatoms. The fourth-order valence-electron chi connectivity index (χ4n) is 3.84. The molecule has 0 aliphatic rings. The van der Waals surface area contributed by atoms with Gasteiger partial charge >= 0.3 is 0 Å². The summed E-state index contributed by atoms with van der Waals surface area (Å²) in [6, 6.07) is 17.2. The van der Waals surface area contributed by atoms with Gasteiger partial charge in [0.2, 0.25) is 0 Å². The summed E-state index contributed by atoms with van der Waals surface area (Å²) in [5.41, 5.74) is 6.98. The van der Waals surface area contributed by atoms with Crippen LogP contribution in [0.2, 0.25) is 0 Å². The second-order valence-electron chi connectivity index (χ2n) is 8.42. The van der Waals surface area contributed by atoms with Gasteiger partial charge in [0.25, 0.3) is 5.56 Å². The molecule has 0 bridgehead atoms. The molecule has 4 aromatic rings. The van der Waals surface area contributed by atoms with Crippen molar-refractivity contribution < 1.29 is 5.11 Å². The summed E-state index contributed by atoms with van der Waals surface area (Å²) in [4.78, 5) is 21.8. The minimum Gasteiger partial charge on any atom is -0.384 e. The molecule has 5 N–H and O–H groups in total. The van der Waals surface area contributed by atoms with E-state index in [-0.39, 0.29) is 29.2 Å². The van der Waals surface area contributed by atoms with Crippen LogP contribution < -0.4 is 16.6 Å². The molecule has 0 fully saturated rings. The van der Waals surface area contributed by atoms with Crippen molar-refractivity contribution in [3.63, 3.8) is 0 Å². The lowest BCUT2D eigenvalue weighted by Crippen LogP contribution is -2.33. The molecule has 4 rings (SSSR count). The number of aromatic nitrogens is 3. The van der Waals surface area contributed by atoms with Crippen LogP contribution >= 0.6 is 0 Å². The second-order valence-corrected chi connectivity index (χ2v) is 8.42. The Bertz CT molecular complexity index is 1400. The zero-order valence-electron chi connectivity index (χ0n) is 18.8. The van der Waals surface area contributed by atoms with Gasteiger partial charge < -0.3 is 21.6 Å². The van der Waals surface area contributed by atoms with Gasteiger partial charge in [-0.3, -0.25) is 9.36 Å². The molecule has 2 heterocycles. The summed E-state index contributed by atoms with van der Waals surface area (Å²) in [6.45, 7) is 5.17. The molecule has 0 aliphatic heterocycles. The predicted molar refractivity (Wildman–Crippen MR) is 131 cm³/mol. The third kappa shape index (κ3) is 4.20. The van der Waals surface area contributed by atoms with Crippen LogP contribution in [0.3, 0.4) is 0 Å². The Morgan fingerprint density at radius 1 is 1.15 bits per heavy atom. The molecule has 0 atom stereocenters. The zero-order valence-corrected chi connectivity index (χ0v) is 18.8. The normalized spacial score (nSPS) is 11.5. The summed E-state index contributed by atoms with van der Waals surface area (Å²) in [5, 5.41) is 23.4. The van der Waals surface area contributed by atoms with Crippen molar-refractivity contribution in [2.45, 2.75) is 32.9 Å². The lowest BCUT2D eigenvalue weighted by Gasteiger charge is -2.22. The molecule has 0 spiro atoms. The van der Waals surface area contributed by atoms with Crippen LogP contribution in [0.5, 0.6) is 0 Å². The molecule has 0 saturated heterocycles. The van der Waals surface area contributed by atoms with E-state index in [1.54, 1.807) is 4.57 Å². The second kappa shape index (κ2) is 8.48. The van der Waals surface area contributed by atoms with Crippen LogP contribution in [-0.2, 0) is 6.54 Å². The van der Waals surface area contributed by atoms with E-state index < -0.39 is 5.60 Å². The summed E-state index contributed by atoms with van der Waals surface area (Å²) in [6.07, 6.45) is 1.30. The molecule has 0 aliphatic carbocycles. The van der Waals surface area contributed by atoms with Crippen molar-refractivity contribution in [3.8, 4) is 5.69 Å². The van der Waals surface area contributed by atoms with Crippen molar-refractivity contribution >= 4 is 28.1 Å². The number of aryl methyl sites for hydroxylation is 1. The zero-order chi connectivity index (χ0) is 23.8. The summed E-state index contributed by atoms with van der Waals surface area (Å²) < 4.78 is 1.67. The van der Waals surface area contributed by atoms with E-state index in [0.29, 0.717) is 16.9 Å². The fourth-order valence-corrected chi connectivity index (χ4v) is 3.84. The van der Waals surface area contributed by atoms with Crippen LogP contribution in [0.25, 0.3) is 16.5 Å². The van der Waals surface area contributed by atoms with Gasteiger partial charge in [0.15, 0.2) is 0 Å². The predicted octanol–water partition coefficient (Wildman–Crippen LogP) is 3.42. The SMILES string of the molecule is Cc1cccc2cc(CNc3ncnc(N)c3C(=N)C(C)(C)O)n(-c3ccccc3)c(=O)c12. The minimum atomic E-state index is -1.43. The largest absolute Gasteiger partial charge is 0.384 e. The number of nitrogens with two attached hydrogens (primary N) is 1. The highest BCUT2D eigenvalue weighted by molar-refractivity contribution is 6.10. The number of para-hydroxylation sites is 1. The van der Waals surface area contributed by atoms with Crippen molar-refractivity contribution in [2.24, 2.45) is 0 Å². The molecule has 2 aromatic carbocycles. The quantitative estimate of drug-likeness (QED) is 0.339. The average molecular weight is 443 g/mol. The number of anilines is 2. The average Bonchev–Trinajstić information content (AvgIpc) is 2.77. The highest BCUT2D eigenvalue weighted by atomic mass is 16.3. The smallest absolute Gasteiger partial charge is 0.263 e. The molecular formula is C25H26N6O2. The number of hydrogen-bond acceptors (Lipinski definition) is 7. The van der Waals surface area contributed by atoms with Gasteiger partial charge in [-0.05, 0) is 49.9 Å². The standard InChI is InChI=1S/C25H26N6O2/c1-15-8-7-9-16-12-18(31(24(32)19(15)16)17-10-5-4-6-11-17)13-28-23-20(21(26)25(2,3)33)22(27)29-14-30-23/h4-12,14,26,33H,13H2,1-3H3,(H3,27,28,29,30). The van der Waals surface area contributed by atoms with Crippen molar-refractivity contribution in [3.05, 3.63) is 88.1 Å². The molecule has 168 valence electrons. The monoisotopic (exact) mass is 442 g/mol. The van der Waals surface area contributed by atoms with E-state index in [1.807, 2.05) is 61.5 Å². The van der Waals surface area contributed by atoms with Crippen LogP contribution in [0.15, 0.2) is 65.7 Å². The topological polar surface area (TPSA) is 130 Å². The Morgan fingerprint density at radius 3 is 2.58 bits per heavy atom. The van der Waals surface area contributed by atoms with Gasteiger partial charge in [0.1, 0.15) is 23.6 Å². The van der Waals surface area contributed by atoms with Crippen molar-refractivity contribution in [2.75, 3.05) is 11.1 Å². The highest BCUT2D eigenvalue weighted by Crippen LogP contribution is 2.25. The maximum atomic E-state index is 13.6. The van der Waals surface area contributed by atoms with E-state index in [0.717, 1.165) is 16.6 Å². The van der Waals surface area contributed by atoms with Crippen LogP contribution in [0.1, 0.15) is 30.7 Å². The third-order valence-corrected chi connectivity index (χ3v) is 5.52. The van der Waals surface area contributed by atoms with Crippen molar-refractivity contribution in [1.82, 2.24) is 14.5 Å². The number of nitrogens with one attached hydrogen (secondary N) is 2. The fraction of sp³-hybridized carbons (Fsp3) is 0.200. The number of fused-ring (bicyclic) bond motifs is 1. The van der Waals surface area contributed by atoms with Gasteiger partial charge in [-0.1, -0.05) is 36.4 Å². The Kier molecular flexibility index (Phi) is 5.69. The first-order chi connectivity index (χ1) is 15.7. The van der Waals surface area contributed by atoms with E-state index in [9.17, 15) is 9.90 Å². The lowest BCUT2D eigenvalue weighted by molar-refractivity contribution is 0.153.